The molecule has 1 fully saturated rings. The zero-order valence-corrected chi connectivity index (χ0v) is 19.1. The van der Waals surface area contributed by atoms with Crippen LogP contribution in [0, 0.1) is 5.92 Å². The molecule has 7 nitrogen and oxygen atoms in total. The van der Waals surface area contributed by atoms with Gasteiger partial charge in [-0.05, 0) is 30.5 Å². The Kier molecular flexibility index (Phi) is 6.52. The minimum atomic E-state index is -0.148. The fraction of sp³-hybridized carbons (Fsp3) is 0.409. The number of rotatable bonds is 5. The van der Waals surface area contributed by atoms with Gasteiger partial charge in [0.2, 0.25) is 5.91 Å². The first-order valence-electron chi connectivity index (χ1n) is 10.1. The Labute approximate surface area is 190 Å². The van der Waals surface area contributed by atoms with Gasteiger partial charge in [-0.2, -0.15) is 0 Å². The van der Waals surface area contributed by atoms with Crippen molar-refractivity contribution in [3.8, 4) is 11.5 Å². The highest BCUT2D eigenvalue weighted by Gasteiger charge is 2.35. The third kappa shape index (κ3) is 4.72. The molecule has 2 aliphatic rings. The quantitative estimate of drug-likeness (QED) is 0.689. The second-order valence-corrected chi connectivity index (χ2v) is 9.38. The Balaban J connectivity index is 1.35. The van der Waals surface area contributed by atoms with Gasteiger partial charge in [-0.25, -0.2) is 0 Å². The van der Waals surface area contributed by atoms with Gasteiger partial charge in [0.05, 0.1) is 25.7 Å². The van der Waals surface area contributed by atoms with Crippen molar-refractivity contribution in [2.45, 2.75) is 18.9 Å². The molecule has 4 rings (SSSR count). The monoisotopic (exact) mass is 459 g/mol. The van der Waals surface area contributed by atoms with Crippen molar-refractivity contribution in [2.75, 3.05) is 38.4 Å². The number of nitrogens with one attached hydrogen (secondary N) is 1. The molecule has 9 heteroatoms. The number of thioether (sulfide) groups is 1. The summed E-state index contributed by atoms with van der Waals surface area (Å²) in [6.07, 6.45) is 1.07. The minimum absolute atomic E-state index is 0.0724. The third-order valence-electron chi connectivity index (χ3n) is 5.75. The maximum atomic E-state index is 12.5. The molecule has 0 saturated carbocycles. The molecule has 0 unspecified atom stereocenters. The lowest BCUT2D eigenvalue weighted by Crippen LogP contribution is -2.48. The number of thiocarbonyl (C=S) groups is 1. The number of amides is 1. The van der Waals surface area contributed by atoms with Crippen LogP contribution in [-0.4, -0.2) is 52.8 Å². The van der Waals surface area contributed by atoms with Gasteiger partial charge in [-0.3, -0.25) is 9.59 Å². The second-order valence-electron chi connectivity index (χ2n) is 7.77. The average Bonchev–Trinajstić information content (AvgIpc) is 2.78. The predicted octanol–water partition coefficient (Wildman–Crippen LogP) is 2.94. The lowest BCUT2D eigenvalue weighted by atomic mass is 9.83. The summed E-state index contributed by atoms with van der Waals surface area (Å²) in [5.41, 5.74) is 1.75. The molecule has 3 heterocycles. The number of pyridine rings is 1. The van der Waals surface area contributed by atoms with E-state index in [1.165, 1.54) is 11.8 Å². The SMILES string of the molecule is COc1ccc(NC(=O)CSC(=S)N2C[C@@H]3C[C@@H](C2)c2cccc(=O)n2C3)c(OC)c1. The molecule has 0 spiro atoms. The summed E-state index contributed by atoms with van der Waals surface area (Å²) in [4.78, 5) is 26.8. The molecule has 2 atom stereocenters. The van der Waals surface area contributed by atoms with Crippen molar-refractivity contribution >= 4 is 39.9 Å². The highest BCUT2D eigenvalue weighted by Crippen LogP contribution is 2.36. The van der Waals surface area contributed by atoms with Crippen LogP contribution in [0.5, 0.6) is 11.5 Å². The van der Waals surface area contributed by atoms with Crippen molar-refractivity contribution in [1.29, 1.82) is 0 Å². The smallest absolute Gasteiger partial charge is 0.250 e. The number of likely N-dealkylation sites (tertiary alicyclic amines) is 1. The Morgan fingerprint density at radius 1 is 1.19 bits per heavy atom. The van der Waals surface area contributed by atoms with E-state index < -0.39 is 0 Å². The van der Waals surface area contributed by atoms with E-state index in [1.54, 1.807) is 38.5 Å². The molecule has 0 aliphatic carbocycles. The number of methoxy groups -OCH3 is 2. The van der Waals surface area contributed by atoms with Crippen LogP contribution in [0.25, 0.3) is 0 Å². The minimum Gasteiger partial charge on any atom is -0.497 e. The van der Waals surface area contributed by atoms with Crippen LogP contribution in [0.2, 0.25) is 0 Å². The molecule has 2 bridgehead atoms. The van der Waals surface area contributed by atoms with Crippen molar-refractivity contribution < 1.29 is 14.3 Å². The maximum Gasteiger partial charge on any atom is 0.250 e. The topological polar surface area (TPSA) is 72.8 Å². The van der Waals surface area contributed by atoms with Gasteiger partial charge in [0.15, 0.2) is 0 Å². The fourth-order valence-electron chi connectivity index (χ4n) is 4.35. The maximum absolute atomic E-state index is 12.5. The van der Waals surface area contributed by atoms with Gasteiger partial charge in [-0.15, -0.1) is 0 Å². The molecule has 2 aromatic rings. The van der Waals surface area contributed by atoms with Crippen LogP contribution < -0.4 is 20.3 Å². The highest BCUT2D eigenvalue weighted by atomic mass is 32.2. The van der Waals surface area contributed by atoms with E-state index in [0.717, 1.165) is 36.1 Å². The van der Waals surface area contributed by atoms with Gasteiger partial charge < -0.3 is 24.3 Å². The molecule has 1 aromatic heterocycles. The first kappa shape index (κ1) is 21.7. The fourth-order valence-corrected chi connectivity index (χ4v) is 5.34. The number of nitrogens with zero attached hydrogens (tertiary/aromatic N) is 2. The molecule has 31 heavy (non-hydrogen) atoms. The van der Waals surface area contributed by atoms with E-state index >= 15 is 0 Å². The Bertz CT molecular complexity index is 1060. The number of carbonyl (C=O) groups excluding carboxylic acids is 1. The summed E-state index contributed by atoms with van der Waals surface area (Å²) in [6.45, 7) is 2.32. The summed E-state index contributed by atoms with van der Waals surface area (Å²) < 4.78 is 13.1. The summed E-state index contributed by atoms with van der Waals surface area (Å²) in [7, 11) is 3.13. The predicted molar refractivity (Wildman–Crippen MR) is 126 cm³/mol. The van der Waals surface area contributed by atoms with E-state index in [0.29, 0.717) is 23.1 Å². The van der Waals surface area contributed by atoms with Crippen molar-refractivity contribution in [3.63, 3.8) is 0 Å². The Hall–Kier alpha value is -2.52. The molecular formula is C22H25N3O4S2. The first-order chi connectivity index (χ1) is 15.0. The van der Waals surface area contributed by atoms with Gasteiger partial charge in [0.25, 0.3) is 5.56 Å². The van der Waals surface area contributed by atoms with Gasteiger partial charge in [0.1, 0.15) is 15.8 Å². The van der Waals surface area contributed by atoms with E-state index in [2.05, 4.69) is 10.2 Å². The molecule has 1 saturated heterocycles. The standard InChI is InChI=1S/C22H25N3O4S2/c1-28-16-6-7-17(19(9-16)29-2)23-20(26)13-31-22(30)24-10-14-8-15(12-24)18-4-3-5-21(27)25(18)11-14/h3-7,9,14-15H,8,10-13H2,1-2H3,(H,23,26)/t14-,15-/m0/s1. The van der Waals surface area contributed by atoms with Crippen LogP contribution in [0.1, 0.15) is 18.0 Å². The van der Waals surface area contributed by atoms with Crippen LogP contribution in [-0.2, 0) is 11.3 Å². The number of piperidine rings is 1. The molecule has 1 amide bonds. The zero-order chi connectivity index (χ0) is 22.0. The van der Waals surface area contributed by atoms with Crippen molar-refractivity contribution in [1.82, 2.24) is 9.47 Å². The number of carbonyl (C=O) groups is 1. The largest absolute Gasteiger partial charge is 0.497 e. The summed E-state index contributed by atoms with van der Waals surface area (Å²) in [5, 5.41) is 2.87. The summed E-state index contributed by atoms with van der Waals surface area (Å²) >= 11 is 7.01. The highest BCUT2D eigenvalue weighted by molar-refractivity contribution is 8.23. The molecule has 0 radical (unpaired) electrons. The van der Waals surface area contributed by atoms with Gasteiger partial charge in [0, 0.05) is 43.4 Å². The Morgan fingerprint density at radius 3 is 2.81 bits per heavy atom. The number of ether oxygens (including phenoxy) is 2. The van der Waals surface area contributed by atoms with Crippen molar-refractivity contribution in [2.24, 2.45) is 5.92 Å². The average molecular weight is 460 g/mol. The Morgan fingerprint density at radius 2 is 2.03 bits per heavy atom. The lowest BCUT2D eigenvalue weighted by Gasteiger charge is -2.43. The van der Waals surface area contributed by atoms with Crippen LogP contribution >= 0.6 is 24.0 Å². The molecule has 1 aromatic carbocycles. The van der Waals surface area contributed by atoms with Gasteiger partial charge >= 0.3 is 0 Å². The lowest BCUT2D eigenvalue weighted by molar-refractivity contribution is -0.113. The number of hydrogen-bond acceptors (Lipinski definition) is 6. The van der Waals surface area contributed by atoms with E-state index in [4.69, 9.17) is 21.7 Å². The number of aromatic nitrogens is 1. The van der Waals surface area contributed by atoms with Crippen LogP contribution in [0.4, 0.5) is 5.69 Å². The summed E-state index contributed by atoms with van der Waals surface area (Å²) in [6, 6.07) is 10.7. The number of hydrogen-bond donors (Lipinski definition) is 1. The first-order valence-corrected chi connectivity index (χ1v) is 11.5. The summed E-state index contributed by atoms with van der Waals surface area (Å²) in [5.74, 6) is 1.95. The van der Waals surface area contributed by atoms with E-state index in [9.17, 15) is 9.59 Å². The van der Waals surface area contributed by atoms with Crippen LogP contribution in [0.15, 0.2) is 41.2 Å². The van der Waals surface area contributed by atoms with E-state index in [1.807, 2.05) is 16.7 Å². The zero-order valence-electron chi connectivity index (χ0n) is 17.5. The van der Waals surface area contributed by atoms with E-state index in [-0.39, 0.29) is 23.1 Å². The second kappa shape index (κ2) is 9.32. The molecule has 164 valence electrons. The van der Waals surface area contributed by atoms with Gasteiger partial charge in [-0.1, -0.05) is 30.0 Å². The normalized spacial score (nSPS) is 19.4. The molecule has 2 aliphatic heterocycles. The van der Waals surface area contributed by atoms with Crippen molar-refractivity contribution in [3.05, 3.63) is 52.4 Å². The number of fused-ring (bicyclic) bond motifs is 4. The molecular weight excluding hydrogens is 434 g/mol. The third-order valence-corrected chi connectivity index (χ3v) is 7.27. The molecule has 1 N–H and O–H groups in total. The number of anilines is 1. The number of benzene rings is 1. The van der Waals surface area contributed by atoms with Crippen LogP contribution in [0.3, 0.4) is 0 Å².